The molecule has 1 saturated carbocycles. The van der Waals surface area contributed by atoms with E-state index in [4.69, 9.17) is 0 Å². The summed E-state index contributed by atoms with van der Waals surface area (Å²) in [7, 11) is 0. The lowest BCUT2D eigenvalue weighted by atomic mass is 9.75. The van der Waals surface area contributed by atoms with Gasteiger partial charge in [0.1, 0.15) is 11.9 Å². The maximum atomic E-state index is 13.6. The van der Waals surface area contributed by atoms with Crippen LogP contribution in [-0.2, 0) is 4.79 Å². The Kier molecular flexibility index (Phi) is 4.76. The number of aliphatic carboxylic acids is 1. The number of rotatable bonds is 6. The van der Waals surface area contributed by atoms with E-state index in [0.29, 0.717) is 12.3 Å². The van der Waals surface area contributed by atoms with Gasteiger partial charge in [0.15, 0.2) is 0 Å². The molecule has 4 heteroatoms. The molecule has 0 radical (unpaired) electrons. The van der Waals surface area contributed by atoms with Gasteiger partial charge in [-0.1, -0.05) is 32.0 Å². The number of carbonyl (C=O) groups is 1. The largest absolute Gasteiger partial charge is 0.480 e. The van der Waals surface area contributed by atoms with E-state index in [2.05, 4.69) is 5.32 Å². The quantitative estimate of drug-likeness (QED) is 0.841. The zero-order valence-corrected chi connectivity index (χ0v) is 12.0. The molecule has 2 N–H and O–H groups in total. The molecule has 0 saturated heterocycles. The highest BCUT2D eigenvalue weighted by Gasteiger charge is 2.34. The minimum atomic E-state index is -0.798. The summed E-state index contributed by atoms with van der Waals surface area (Å²) in [5.74, 6) is -0.408. The van der Waals surface area contributed by atoms with E-state index in [-0.39, 0.29) is 17.8 Å². The molecule has 110 valence electrons. The van der Waals surface area contributed by atoms with Crippen molar-refractivity contribution in [3.8, 4) is 0 Å². The number of hydrogen-bond acceptors (Lipinski definition) is 2. The lowest BCUT2D eigenvalue weighted by Crippen LogP contribution is -2.49. The molecule has 1 aromatic carbocycles. The van der Waals surface area contributed by atoms with Crippen LogP contribution in [0.1, 0.15) is 44.6 Å². The molecule has 0 amide bonds. The van der Waals surface area contributed by atoms with Crippen molar-refractivity contribution in [2.75, 3.05) is 0 Å². The second-order valence-electron chi connectivity index (χ2n) is 6.07. The summed E-state index contributed by atoms with van der Waals surface area (Å²) >= 11 is 0. The second kappa shape index (κ2) is 6.35. The van der Waals surface area contributed by atoms with Crippen molar-refractivity contribution in [3.63, 3.8) is 0 Å². The van der Waals surface area contributed by atoms with Crippen LogP contribution < -0.4 is 5.32 Å². The van der Waals surface area contributed by atoms with Gasteiger partial charge >= 0.3 is 5.97 Å². The first-order valence-corrected chi connectivity index (χ1v) is 7.20. The smallest absolute Gasteiger partial charge is 0.320 e. The van der Waals surface area contributed by atoms with Crippen LogP contribution in [0.3, 0.4) is 0 Å². The van der Waals surface area contributed by atoms with Gasteiger partial charge in [-0.3, -0.25) is 4.79 Å². The van der Waals surface area contributed by atoms with E-state index in [0.717, 1.165) is 18.4 Å². The Hall–Kier alpha value is -1.42. The molecule has 1 aliphatic carbocycles. The summed E-state index contributed by atoms with van der Waals surface area (Å²) in [6.07, 6.45) is 2.24. The number of benzene rings is 1. The zero-order chi connectivity index (χ0) is 14.7. The third-order valence-electron chi connectivity index (χ3n) is 3.93. The fraction of sp³-hybridized carbons (Fsp3) is 0.562. The molecule has 0 spiro atoms. The standard InChI is InChI=1S/C16H22FNO2/c1-10(2)7-15(16(19)20)18-12-8-11(9-12)13-5-3-4-6-14(13)17/h3-6,10-12,15,18H,7-9H2,1-2H3,(H,19,20). The highest BCUT2D eigenvalue weighted by molar-refractivity contribution is 5.73. The Morgan fingerprint density at radius 1 is 1.40 bits per heavy atom. The predicted molar refractivity (Wildman–Crippen MR) is 76.2 cm³/mol. The van der Waals surface area contributed by atoms with Crippen LogP contribution in [0, 0.1) is 11.7 Å². The lowest BCUT2D eigenvalue weighted by Gasteiger charge is -2.38. The van der Waals surface area contributed by atoms with Gasteiger partial charge in [-0.05, 0) is 42.7 Å². The van der Waals surface area contributed by atoms with Crippen LogP contribution in [0.2, 0.25) is 0 Å². The summed E-state index contributed by atoms with van der Waals surface area (Å²) in [5.41, 5.74) is 0.751. The molecule has 1 aliphatic rings. The van der Waals surface area contributed by atoms with Gasteiger partial charge in [-0.25, -0.2) is 4.39 Å². The van der Waals surface area contributed by atoms with E-state index in [1.165, 1.54) is 6.07 Å². The van der Waals surface area contributed by atoms with Crippen LogP contribution in [-0.4, -0.2) is 23.2 Å². The van der Waals surface area contributed by atoms with Crippen molar-refractivity contribution in [1.29, 1.82) is 0 Å². The third kappa shape index (κ3) is 3.57. The molecule has 1 aromatic rings. The van der Waals surface area contributed by atoms with Crippen LogP contribution in [0.25, 0.3) is 0 Å². The lowest BCUT2D eigenvalue weighted by molar-refractivity contribution is -0.140. The molecule has 0 heterocycles. The van der Waals surface area contributed by atoms with Gasteiger partial charge in [0.05, 0.1) is 0 Å². The van der Waals surface area contributed by atoms with Crippen LogP contribution in [0.4, 0.5) is 4.39 Å². The van der Waals surface area contributed by atoms with E-state index < -0.39 is 12.0 Å². The van der Waals surface area contributed by atoms with Gasteiger partial charge in [-0.2, -0.15) is 0 Å². The SMILES string of the molecule is CC(C)CC(NC1CC(c2ccccc2F)C1)C(=O)O. The second-order valence-corrected chi connectivity index (χ2v) is 6.07. The number of halogens is 1. The zero-order valence-electron chi connectivity index (χ0n) is 12.0. The van der Waals surface area contributed by atoms with Crippen molar-refractivity contribution in [2.45, 2.75) is 51.1 Å². The highest BCUT2D eigenvalue weighted by Crippen LogP contribution is 2.38. The van der Waals surface area contributed by atoms with Crippen LogP contribution >= 0.6 is 0 Å². The highest BCUT2D eigenvalue weighted by atomic mass is 19.1. The van der Waals surface area contributed by atoms with Crippen molar-refractivity contribution in [1.82, 2.24) is 5.32 Å². The van der Waals surface area contributed by atoms with Crippen LogP contribution in [0.15, 0.2) is 24.3 Å². The number of carboxylic acid groups (broad SMARTS) is 1. The Morgan fingerprint density at radius 3 is 2.60 bits per heavy atom. The Labute approximate surface area is 119 Å². The average Bonchev–Trinajstić information content (AvgIpc) is 2.32. The fourth-order valence-corrected chi connectivity index (χ4v) is 2.81. The van der Waals surface area contributed by atoms with E-state index >= 15 is 0 Å². The van der Waals surface area contributed by atoms with Crippen LogP contribution in [0.5, 0.6) is 0 Å². The summed E-state index contributed by atoms with van der Waals surface area (Å²) in [6.45, 7) is 4.03. The van der Waals surface area contributed by atoms with Crippen molar-refractivity contribution >= 4 is 5.97 Å². The maximum Gasteiger partial charge on any atom is 0.320 e. The Morgan fingerprint density at radius 2 is 2.05 bits per heavy atom. The molecule has 0 bridgehead atoms. The van der Waals surface area contributed by atoms with Crippen molar-refractivity contribution in [2.24, 2.45) is 5.92 Å². The molecule has 1 atom stereocenters. The molecular formula is C16H22FNO2. The van der Waals surface area contributed by atoms with Crippen molar-refractivity contribution < 1.29 is 14.3 Å². The topological polar surface area (TPSA) is 49.3 Å². The van der Waals surface area contributed by atoms with Crippen molar-refractivity contribution in [3.05, 3.63) is 35.6 Å². The molecule has 2 rings (SSSR count). The first kappa shape index (κ1) is 15.0. The van der Waals surface area contributed by atoms with Gasteiger partial charge in [0, 0.05) is 6.04 Å². The molecule has 0 aromatic heterocycles. The van der Waals surface area contributed by atoms with Gasteiger partial charge in [-0.15, -0.1) is 0 Å². The Balaban J connectivity index is 1.87. The summed E-state index contributed by atoms with van der Waals surface area (Å²) < 4.78 is 13.6. The fourth-order valence-electron chi connectivity index (χ4n) is 2.81. The first-order valence-electron chi connectivity index (χ1n) is 7.20. The molecule has 0 aliphatic heterocycles. The van der Waals surface area contributed by atoms with Gasteiger partial charge < -0.3 is 10.4 Å². The molecular weight excluding hydrogens is 257 g/mol. The van der Waals surface area contributed by atoms with E-state index in [1.54, 1.807) is 6.07 Å². The molecule has 1 fully saturated rings. The summed E-state index contributed by atoms with van der Waals surface area (Å²) in [4.78, 5) is 11.2. The maximum absolute atomic E-state index is 13.6. The van der Waals surface area contributed by atoms with Gasteiger partial charge in [0.2, 0.25) is 0 Å². The van der Waals surface area contributed by atoms with Gasteiger partial charge in [0.25, 0.3) is 0 Å². The number of hydrogen-bond donors (Lipinski definition) is 2. The minimum absolute atomic E-state index is 0.159. The summed E-state index contributed by atoms with van der Waals surface area (Å²) in [5, 5.41) is 12.4. The number of carboxylic acids is 1. The normalized spacial score (nSPS) is 23.4. The Bertz CT molecular complexity index is 469. The molecule has 20 heavy (non-hydrogen) atoms. The minimum Gasteiger partial charge on any atom is -0.480 e. The van der Waals surface area contributed by atoms with E-state index in [1.807, 2.05) is 26.0 Å². The average molecular weight is 279 g/mol. The molecule has 1 unspecified atom stereocenters. The predicted octanol–water partition coefficient (Wildman–Crippen LogP) is 3.16. The number of nitrogens with one attached hydrogen (secondary N) is 1. The monoisotopic (exact) mass is 279 g/mol. The first-order chi connectivity index (χ1) is 9.47. The summed E-state index contributed by atoms with van der Waals surface area (Å²) in [6, 6.07) is 6.52. The molecule has 3 nitrogen and oxygen atoms in total. The third-order valence-corrected chi connectivity index (χ3v) is 3.93. The van der Waals surface area contributed by atoms with E-state index in [9.17, 15) is 14.3 Å².